The number of rotatable bonds is 2. The predicted molar refractivity (Wildman–Crippen MR) is 57.0 cm³/mol. The molecule has 0 radical (unpaired) electrons. The summed E-state index contributed by atoms with van der Waals surface area (Å²) in [6.07, 6.45) is 0.0113. The summed E-state index contributed by atoms with van der Waals surface area (Å²) in [5, 5.41) is 2.61. The van der Waals surface area contributed by atoms with E-state index in [4.69, 9.17) is 9.47 Å². The molecule has 0 aromatic heterocycles. The molecule has 96 valence electrons. The van der Waals surface area contributed by atoms with Gasteiger partial charge in [0.2, 0.25) is 5.91 Å². The van der Waals surface area contributed by atoms with Gasteiger partial charge in [-0.1, -0.05) is 0 Å². The normalized spacial score (nSPS) is 35.7. The number of hydrogen-bond donors (Lipinski definition) is 1. The van der Waals surface area contributed by atoms with Crippen LogP contribution in [0, 0.1) is 5.92 Å². The Morgan fingerprint density at radius 1 is 1.53 bits per heavy atom. The summed E-state index contributed by atoms with van der Waals surface area (Å²) < 4.78 is 15.8. The average molecular weight is 243 g/mol. The first-order chi connectivity index (χ1) is 7.93. The van der Waals surface area contributed by atoms with E-state index in [9.17, 15) is 9.59 Å². The molecule has 0 aliphatic carbocycles. The third-order valence-corrected chi connectivity index (χ3v) is 3.13. The standard InChI is InChI=1S/C11H17NO5/c1-11(2)16-5-7(17-11)6-4-8(13)12-9(6)10(14)15-3/h6-7,9H,4-5H2,1-3H3,(H,12,13)/t6-,7-,9+/m1/s1. The number of esters is 1. The molecule has 0 spiro atoms. The zero-order chi connectivity index (χ0) is 12.6. The first kappa shape index (κ1) is 12.3. The summed E-state index contributed by atoms with van der Waals surface area (Å²) in [5.41, 5.74) is 0. The van der Waals surface area contributed by atoms with E-state index in [-0.39, 0.29) is 24.3 Å². The first-order valence-corrected chi connectivity index (χ1v) is 5.62. The molecule has 0 saturated carbocycles. The maximum absolute atomic E-state index is 11.6. The quantitative estimate of drug-likeness (QED) is 0.681. The first-order valence-electron chi connectivity index (χ1n) is 5.62. The molecule has 2 saturated heterocycles. The molecule has 2 fully saturated rings. The summed E-state index contributed by atoms with van der Waals surface area (Å²) in [7, 11) is 1.31. The molecule has 2 aliphatic heterocycles. The number of nitrogens with one attached hydrogen (secondary N) is 1. The highest BCUT2D eigenvalue weighted by atomic mass is 16.7. The minimum Gasteiger partial charge on any atom is -0.467 e. The van der Waals surface area contributed by atoms with Gasteiger partial charge >= 0.3 is 5.97 Å². The molecular weight excluding hydrogens is 226 g/mol. The molecule has 6 nitrogen and oxygen atoms in total. The van der Waals surface area contributed by atoms with Crippen LogP contribution in [0.25, 0.3) is 0 Å². The van der Waals surface area contributed by atoms with Crippen LogP contribution in [0.15, 0.2) is 0 Å². The largest absolute Gasteiger partial charge is 0.467 e. The molecule has 2 rings (SSSR count). The molecule has 3 atom stereocenters. The molecule has 2 heterocycles. The van der Waals surface area contributed by atoms with E-state index in [1.54, 1.807) is 0 Å². The van der Waals surface area contributed by atoms with Crippen LogP contribution in [-0.4, -0.2) is 43.5 Å². The van der Waals surface area contributed by atoms with Crippen LogP contribution in [0.2, 0.25) is 0 Å². The Hall–Kier alpha value is -1.14. The number of carbonyl (C=O) groups excluding carboxylic acids is 2. The van der Waals surface area contributed by atoms with Crippen molar-refractivity contribution in [2.24, 2.45) is 5.92 Å². The summed E-state index contributed by atoms with van der Waals surface area (Å²) >= 11 is 0. The maximum Gasteiger partial charge on any atom is 0.328 e. The van der Waals surface area contributed by atoms with Crippen molar-refractivity contribution in [2.75, 3.05) is 13.7 Å². The van der Waals surface area contributed by atoms with Crippen molar-refractivity contribution in [3.8, 4) is 0 Å². The Balaban J connectivity index is 2.09. The van der Waals surface area contributed by atoms with Crippen molar-refractivity contribution in [3.05, 3.63) is 0 Å². The summed E-state index contributed by atoms with van der Waals surface area (Å²) in [4.78, 5) is 22.9. The van der Waals surface area contributed by atoms with Gasteiger partial charge in [0, 0.05) is 12.3 Å². The molecule has 0 unspecified atom stereocenters. The number of amides is 1. The van der Waals surface area contributed by atoms with Crippen LogP contribution in [0.5, 0.6) is 0 Å². The van der Waals surface area contributed by atoms with Gasteiger partial charge in [-0.25, -0.2) is 4.79 Å². The van der Waals surface area contributed by atoms with E-state index in [1.165, 1.54) is 7.11 Å². The van der Waals surface area contributed by atoms with E-state index >= 15 is 0 Å². The fraction of sp³-hybridized carbons (Fsp3) is 0.818. The molecule has 1 N–H and O–H groups in total. The molecule has 1 amide bonds. The van der Waals surface area contributed by atoms with Gasteiger partial charge in [0.1, 0.15) is 6.04 Å². The SMILES string of the molecule is COC(=O)[C@H]1NC(=O)C[C@@H]1[C@H]1COC(C)(C)O1. The van der Waals surface area contributed by atoms with E-state index in [2.05, 4.69) is 10.1 Å². The van der Waals surface area contributed by atoms with Crippen LogP contribution in [0.1, 0.15) is 20.3 Å². The second-order valence-electron chi connectivity index (χ2n) is 4.80. The Morgan fingerprint density at radius 3 is 2.76 bits per heavy atom. The molecule has 0 aromatic rings. The zero-order valence-electron chi connectivity index (χ0n) is 10.2. The Morgan fingerprint density at radius 2 is 2.24 bits per heavy atom. The fourth-order valence-electron chi connectivity index (χ4n) is 2.30. The zero-order valence-corrected chi connectivity index (χ0v) is 10.2. The van der Waals surface area contributed by atoms with Crippen LogP contribution in [0.4, 0.5) is 0 Å². The number of hydrogen-bond acceptors (Lipinski definition) is 5. The van der Waals surface area contributed by atoms with Crippen molar-refractivity contribution in [1.82, 2.24) is 5.32 Å². The van der Waals surface area contributed by atoms with E-state index in [1.807, 2.05) is 13.8 Å². The lowest BCUT2D eigenvalue weighted by Gasteiger charge is -2.23. The lowest BCUT2D eigenvalue weighted by atomic mass is 9.94. The summed E-state index contributed by atoms with van der Waals surface area (Å²) in [6.45, 7) is 4.01. The van der Waals surface area contributed by atoms with Crippen LogP contribution < -0.4 is 5.32 Å². The second-order valence-corrected chi connectivity index (χ2v) is 4.80. The summed E-state index contributed by atoms with van der Waals surface area (Å²) in [5.74, 6) is -1.47. The third-order valence-electron chi connectivity index (χ3n) is 3.13. The van der Waals surface area contributed by atoms with Gasteiger partial charge in [-0.2, -0.15) is 0 Å². The van der Waals surface area contributed by atoms with E-state index in [0.717, 1.165) is 0 Å². The molecule has 0 bridgehead atoms. The van der Waals surface area contributed by atoms with Crippen molar-refractivity contribution in [3.63, 3.8) is 0 Å². The molecular formula is C11H17NO5. The van der Waals surface area contributed by atoms with Crippen molar-refractivity contribution < 1.29 is 23.8 Å². The van der Waals surface area contributed by atoms with Crippen molar-refractivity contribution in [1.29, 1.82) is 0 Å². The van der Waals surface area contributed by atoms with Gasteiger partial charge in [-0.15, -0.1) is 0 Å². The van der Waals surface area contributed by atoms with Crippen LogP contribution in [-0.2, 0) is 23.8 Å². The fourth-order valence-corrected chi connectivity index (χ4v) is 2.30. The van der Waals surface area contributed by atoms with Crippen LogP contribution in [0.3, 0.4) is 0 Å². The average Bonchev–Trinajstić information content (AvgIpc) is 2.80. The summed E-state index contributed by atoms with van der Waals surface area (Å²) in [6, 6.07) is -0.630. The molecule has 2 aliphatic rings. The second kappa shape index (κ2) is 4.27. The van der Waals surface area contributed by atoms with Gasteiger partial charge < -0.3 is 19.5 Å². The Labute approximate surface area is 99.6 Å². The highest BCUT2D eigenvalue weighted by Gasteiger charge is 2.47. The lowest BCUT2D eigenvalue weighted by Crippen LogP contribution is -2.42. The van der Waals surface area contributed by atoms with Crippen molar-refractivity contribution >= 4 is 11.9 Å². The molecule has 0 aromatic carbocycles. The minimum atomic E-state index is -0.656. The number of carbonyl (C=O) groups is 2. The number of ether oxygens (including phenoxy) is 3. The van der Waals surface area contributed by atoms with E-state index in [0.29, 0.717) is 6.61 Å². The van der Waals surface area contributed by atoms with Gasteiger partial charge in [0.05, 0.1) is 19.8 Å². The van der Waals surface area contributed by atoms with Gasteiger partial charge in [0.15, 0.2) is 5.79 Å². The third kappa shape index (κ3) is 2.42. The lowest BCUT2D eigenvalue weighted by molar-refractivity contribution is -0.153. The van der Waals surface area contributed by atoms with Gasteiger partial charge in [-0.3, -0.25) is 4.79 Å². The Bertz CT molecular complexity index is 341. The van der Waals surface area contributed by atoms with Gasteiger partial charge in [-0.05, 0) is 13.8 Å². The highest BCUT2D eigenvalue weighted by molar-refractivity contribution is 5.88. The van der Waals surface area contributed by atoms with E-state index < -0.39 is 17.8 Å². The monoisotopic (exact) mass is 243 g/mol. The van der Waals surface area contributed by atoms with Crippen molar-refractivity contribution in [2.45, 2.75) is 38.2 Å². The topological polar surface area (TPSA) is 73.9 Å². The highest BCUT2D eigenvalue weighted by Crippen LogP contribution is 2.32. The minimum absolute atomic E-state index is 0.154. The van der Waals surface area contributed by atoms with Gasteiger partial charge in [0.25, 0.3) is 0 Å². The molecule has 6 heteroatoms. The number of methoxy groups -OCH3 is 1. The maximum atomic E-state index is 11.6. The van der Waals surface area contributed by atoms with Crippen LogP contribution >= 0.6 is 0 Å². The predicted octanol–water partition coefficient (Wildman–Crippen LogP) is -0.184. The smallest absolute Gasteiger partial charge is 0.328 e. The molecule has 17 heavy (non-hydrogen) atoms. The Kier molecular flexibility index (Phi) is 3.09.